The minimum Gasteiger partial charge on any atom is -0.480 e. The lowest BCUT2D eigenvalue weighted by Gasteiger charge is -2.27. The number of carboxylic acid groups (broad SMARTS) is 1. The zero-order valence-electron chi connectivity index (χ0n) is 11.5. The molecule has 0 aromatic carbocycles. The number of rotatable bonds is 7. The molecule has 106 valence electrons. The number of nitrogens with one attached hydrogen (secondary N) is 1. The first-order chi connectivity index (χ1) is 8.29. The number of hydrogen-bond donors (Lipinski definition) is 3. The van der Waals surface area contributed by atoms with Gasteiger partial charge in [0.1, 0.15) is 6.04 Å². The maximum atomic E-state index is 11.8. The number of carboxylic acids is 1. The third kappa shape index (κ3) is 5.86. The SMILES string of the molecule is CC(C)CC(C)N(C)C(=O)N[C@@H](CCO)C(=O)O. The molecule has 0 saturated heterocycles. The molecule has 0 aliphatic heterocycles. The van der Waals surface area contributed by atoms with Gasteiger partial charge in [-0.3, -0.25) is 0 Å². The summed E-state index contributed by atoms with van der Waals surface area (Å²) in [5.41, 5.74) is 0. The van der Waals surface area contributed by atoms with Crippen molar-refractivity contribution in [3.63, 3.8) is 0 Å². The van der Waals surface area contributed by atoms with E-state index >= 15 is 0 Å². The van der Waals surface area contributed by atoms with Crippen molar-refractivity contribution in [1.29, 1.82) is 0 Å². The molecule has 0 rings (SSSR count). The van der Waals surface area contributed by atoms with Crippen LogP contribution >= 0.6 is 0 Å². The van der Waals surface area contributed by atoms with Crippen molar-refractivity contribution in [1.82, 2.24) is 10.2 Å². The predicted molar refractivity (Wildman–Crippen MR) is 68.3 cm³/mol. The molecule has 0 aliphatic rings. The van der Waals surface area contributed by atoms with E-state index in [0.717, 1.165) is 6.42 Å². The smallest absolute Gasteiger partial charge is 0.326 e. The Kier molecular flexibility index (Phi) is 7.35. The van der Waals surface area contributed by atoms with Crippen molar-refractivity contribution in [2.24, 2.45) is 5.92 Å². The molecular weight excluding hydrogens is 236 g/mol. The van der Waals surface area contributed by atoms with Crippen molar-refractivity contribution in [2.45, 2.75) is 45.7 Å². The first kappa shape index (κ1) is 16.7. The molecule has 18 heavy (non-hydrogen) atoms. The minimum atomic E-state index is -1.14. The summed E-state index contributed by atoms with van der Waals surface area (Å²) in [5, 5.41) is 20.0. The molecule has 0 fully saturated rings. The fraction of sp³-hybridized carbons (Fsp3) is 0.833. The lowest BCUT2D eigenvalue weighted by molar-refractivity contribution is -0.139. The summed E-state index contributed by atoms with van der Waals surface area (Å²) in [5.74, 6) is -0.676. The highest BCUT2D eigenvalue weighted by Gasteiger charge is 2.23. The molecule has 0 bridgehead atoms. The molecule has 3 N–H and O–H groups in total. The maximum absolute atomic E-state index is 11.8. The van der Waals surface area contributed by atoms with Gasteiger partial charge in [0.05, 0.1) is 0 Å². The van der Waals surface area contributed by atoms with Crippen LogP contribution in [0.3, 0.4) is 0 Å². The zero-order chi connectivity index (χ0) is 14.3. The molecule has 6 heteroatoms. The van der Waals surface area contributed by atoms with Gasteiger partial charge in [0.25, 0.3) is 0 Å². The molecule has 0 spiro atoms. The van der Waals surface area contributed by atoms with Crippen LogP contribution in [0.1, 0.15) is 33.6 Å². The number of aliphatic hydroxyl groups excluding tert-OH is 1. The van der Waals surface area contributed by atoms with Gasteiger partial charge in [-0.15, -0.1) is 0 Å². The molecule has 0 radical (unpaired) electrons. The number of hydrogen-bond acceptors (Lipinski definition) is 3. The number of urea groups is 1. The molecule has 0 heterocycles. The van der Waals surface area contributed by atoms with Gasteiger partial charge >= 0.3 is 12.0 Å². The maximum Gasteiger partial charge on any atom is 0.326 e. The van der Waals surface area contributed by atoms with Crippen molar-refractivity contribution >= 4 is 12.0 Å². The van der Waals surface area contributed by atoms with Gasteiger partial charge in [0.2, 0.25) is 0 Å². The van der Waals surface area contributed by atoms with E-state index in [2.05, 4.69) is 19.2 Å². The molecular formula is C12H24N2O4. The Morgan fingerprint density at radius 2 is 1.83 bits per heavy atom. The Balaban J connectivity index is 4.40. The first-order valence-corrected chi connectivity index (χ1v) is 6.16. The summed E-state index contributed by atoms with van der Waals surface area (Å²) in [7, 11) is 1.64. The molecule has 2 amide bonds. The standard InChI is InChI=1S/C12H24N2O4/c1-8(2)7-9(3)14(4)12(18)13-10(5-6-15)11(16)17/h8-10,15H,5-7H2,1-4H3,(H,13,18)(H,16,17)/t9?,10-/m0/s1. The number of aliphatic carboxylic acids is 1. The number of nitrogens with zero attached hydrogens (tertiary/aromatic N) is 1. The van der Waals surface area contributed by atoms with Gasteiger partial charge in [0, 0.05) is 26.1 Å². The van der Waals surface area contributed by atoms with Crippen LogP contribution < -0.4 is 5.32 Å². The normalized spacial score (nSPS) is 14.1. The average molecular weight is 260 g/mol. The quantitative estimate of drug-likeness (QED) is 0.634. The Hall–Kier alpha value is -1.30. The van der Waals surface area contributed by atoms with E-state index in [4.69, 9.17) is 10.2 Å². The first-order valence-electron chi connectivity index (χ1n) is 6.16. The van der Waals surface area contributed by atoms with Crippen LogP contribution in [0, 0.1) is 5.92 Å². The second kappa shape index (κ2) is 7.92. The average Bonchev–Trinajstić information content (AvgIpc) is 2.26. The van der Waals surface area contributed by atoms with Crippen LogP contribution in [0.25, 0.3) is 0 Å². The predicted octanol–water partition coefficient (Wildman–Crippen LogP) is 0.898. The van der Waals surface area contributed by atoms with Crippen LogP contribution in [0.2, 0.25) is 0 Å². The van der Waals surface area contributed by atoms with E-state index in [1.807, 2.05) is 6.92 Å². The highest BCUT2D eigenvalue weighted by Crippen LogP contribution is 2.09. The van der Waals surface area contributed by atoms with Gasteiger partial charge < -0.3 is 20.4 Å². The van der Waals surface area contributed by atoms with Crippen LogP contribution in [-0.2, 0) is 4.79 Å². The van der Waals surface area contributed by atoms with Crippen LogP contribution in [-0.4, -0.2) is 52.9 Å². The summed E-state index contributed by atoms with van der Waals surface area (Å²) < 4.78 is 0. The fourth-order valence-electron chi connectivity index (χ4n) is 1.68. The molecule has 0 aliphatic carbocycles. The lowest BCUT2D eigenvalue weighted by Crippen LogP contribution is -2.49. The summed E-state index contributed by atoms with van der Waals surface area (Å²) in [6, 6.07) is -1.44. The van der Waals surface area contributed by atoms with Crippen molar-refractivity contribution in [2.75, 3.05) is 13.7 Å². The van der Waals surface area contributed by atoms with E-state index in [0.29, 0.717) is 5.92 Å². The largest absolute Gasteiger partial charge is 0.480 e. The second-order valence-corrected chi connectivity index (χ2v) is 4.94. The number of carbonyl (C=O) groups excluding carboxylic acids is 1. The third-order valence-electron chi connectivity index (χ3n) is 2.81. The van der Waals surface area contributed by atoms with Gasteiger partial charge in [-0.25, -0.2) is 9.59 Å². The van der Waals surface area contributed by atoms with E-state index < -0.39 is 18.0 Å². The molecule has 0 aromatic rings. The number of amides is 2. The topological polar surface area (TPSA) is 89.9 Å². The molecule has 0 saturated carbocycles. The summed E-state index contributed by atoms with van der Waals surface area (Å²) >= 11 is 0. The highest BCUT2D eigenvalue weighted by atomic mass is 16.4. The van der Waals surface area contributed by atoms with Gasteiger partial charge in [0.15, 0.2) is 0 Å². The van der Waals surface area contributed by atoms with Crippen LogP contribution in [0.4, 0.5) is 4.79 Å². The molecule has 0 aromatic heterocycles. The van der Waals surface area contributed by atoms with Gasteiger partial charge in [-0.05, 0) is 19.3 Å². The summed E-state index contributed by atoms with van der Waals surface area (Å²) in [4.78, 5) is 24.2. The Morgan fingerprint density at radius 1 is 1.28 bits per heavy atom. The van der Waals surface area contributed by atoms with Crippen molar-refractivity contribution < 1.29 is 19.8 Å². The zero-order valence-corrected chi connectivity index (χ0v) is 11.5. The molecule has 2 atom stereocenters. The van der Waals surface area contributed by atoms with E-state index in [1.54, 1.807) is 7.05 Å². The van der Waals surface area contributed by atoms with Gasteiger partial charge in [-0.2, -0.15) is 0 Å². The highest BCUT2D eigenvalue weighted by molar-refractivity contribution is 5.82. The Bertz CT molecular complexity index is 281. The third-order valence-corrected chi connectivity index (χ3v) is 2.81. The number of aliphatic hydroxyl groups is 1. The van der Waals surface area contributed by atoms with E-state index in [1.165, 1.54) is 4.90 Å². The summed E-state index contributed by atoms with van der Waals surface area (Å²) in [6.45, 7) is 5.77. The monoisotopic (exact) mass is 260 g/mol. The van der Waals surface area contributed by atoms with E-state index in [9.17, 15) is 9.59 Å². The lowest BCUT2D eigenvalue weighted by atomic mass is 10.0. The minimum absolute atomic E-state index is 0.00742. The van der Waals surface area contributed by atoms with Crippen LogP contribution in [0.5, 0.6) is 0 Å². The summed E-state index contributed by atoms with van der Waals surface area (Å²) in [6.07, 6.45) is 0.856. The molecule has 6 nitrogen and oxygen atoms in total. The van der Waals surface area contributed by atoms with Gasteiger partial charge in [-0.1, -0.05) is 13.8 Å². The molecule has 1 unspecified atom stereocenters. The van der Waals surface area contributed by atoms with E-state index in [-0.39, 0.29) is 19.1 Å². The Morgan fingerprint density at radius 3 is 2.22 bits per heavy atom. The van der Waals surface area contributed by atoms with Crippen molar-refractivity contribution in [3.8, 4) is 0 Å². The second-order valence-electron chi connectivity index (χ2n) is 4.94. The number of carbonyl (C=O) groups is 2. The van der Waals surface area contributed by atoms with Crippen LogP contribution in [0.15, 0.2) is 0 Å². The Labute approximate surface area is 108 Å². The van der Waals surface area contributed by atoms with Crippen molar-refractivity contribution in [3.05, 3.63) is 0 Å². The fourth-order valence-corrected chi connectivity index (χ4v) is 1.68.